The van der Waals surface area contributed by atoms with Crippen LogP contribution in [0.5, 0.6) is 5.75 Å². The lowest BCUT2D eigenvalue weighted by atomic mass is 9.63. The minimum atomic E-state index is -4.71. The molecule has 5 aliphatic heterocycles. The molecule has 0 radical (unpaired) electrons. The number of nitrogens with one attached hydrogen (secondary N) is 4. The molecule has 10 rings (SSSR count). The number of anilines is 2. The molecular weight excluding hydrogens is 966 g/mol. The van der Waals surface area contributed by atoms with Gasteiger partial charge in [-0.15, -0.1) is 0 Å². The summed E-state index contributed by atoms with van der Waals surface area (Å²) in [6.45, 7) is 11.0. The van der Waals surface area contributed by atoms with Gasteiger partial charge in [0.25, 0.3) is 11.8 Å². The van der Waals surface area contributed by atoms with Crippen LogP contribution < -0.4 is 26.0 Å². The van der Waals surface area contributed by atoms with Crippen molar-refractivity contribution in [2.75, 3.05) is 30.3 Å². The summed E-state index contributed by atoms with van der Waals surface area (Å²) in [5.41, 5.74) is 0.772. The van der Waals surface area contributed by atoms with Gasteiger partial charge in [0.1, 0.15) is 23.3 Å². The third-order valence-electron chi connectivity index (χ3n) is 15.6. The molecule has 73 heavy (non-hydrogen) atoms. The van der Waals surface area contributed by atoms with Gasteiger partial charge in [-0.1, -0.05) is 62.4 Å². The Balaban J connectivity index is 0.860. The molecule has 6 aliphatic rings. The molecule has 1 aliphatic carbocycles. The third-order valence-corrected chi connectivity index (χ3v) is 15.9. The second kappa shape index (κ2) is 18.5. The Hall–Kier alpha value is -6.51. The van der Waals surface area contributed by atoms with Gasteiger partial charge in [0, 0.05) is 90.0 Å². The number of alkyl halides is 3. The first-order chi connectivity index (χ1) is 34.6. The van der Waals surface area contributed by atoms with Crippen molar-refractivity contribution in [3.8, 4) is 17.6 Å². The van der Waals surface area contributed by atoms with E-state index in [1.54, 1.807) is 47.4 Å². The van der Waals surface area contributed by atoms with Gasteiger partial charge in [-0.05, 0) is 110 Å². The van der Waals surface area contributed by atoms with Crippen LogP contribution >= 0.6 is 11.6 Å². The zero-order chi connectivity index (χ0) is 51.9. The highest BCUT2D eigenvalue weighted by atomic mass is 35.5. The number of rotatable bonds is 8. The number of halogens is 5. The van der Waals surface area contributed by atoms with Crippen LogP contribution in [0.1, 0.15) is 128 Å². The summed E-state index contributed by atoms with van der Waals surface area (Å²) in [4.78, 5) is 74.0. The number of aromatic nitrogens is 1. The average molecular weight is 1020 g/mol. The van der Waals surface area contributed by atoms with Crippen molar-refractivity contribution in [1.82, 2.24) is 25.4 Å². The van der Waals surface area contributed by atoms with Gasteiger partial charge in [-0.25, -0.2) is 4.39 Å². The van der Waals surface area contributed by atoms with Crippen molar-refractivity contribution < 1.29 is 46.3 Å². The first-order valence-electron chi connectivity index (χ1n) is 24.8. The summed E-state index contributed by atoms with van der Waals surface area (Å²) >= 11 is 6.40. The maximum atomic E-state index is 16.4. The van der Waals surface area contributed by atoms with Crippen molar-refractivity contribution in [1.29, 1.82) is 0 Å². The van der Waals surface area contributed by atoms with E-state index >= 15 is 4.39 Å². The molecule has 18 heteroatoms. The van der Waals surface area contributed by atoms with Gasteiger partial charge in [0.05, 0.1) is 22.9 Å². The van der Waals surface area contributed by atoms with Gasteiger partial charge in [-0.3, -0.25) is 34.3 Å². The van der Waals surface area contributed by atoms with Crippen molar-refractivity contribution in [2.24, 2.45) is 16.7 Å². The first kappa shape index (κ1) is 50.0. The van der Waals surface area contributed by atoms with Crippen LogP contribution in [0, 0.1) is 34.4 Å². The summed E-state index contributed by atoms with van der Waals surface area (Å²) in [5, 5.41) is 11.9. The fraction of sp³-hybridized carbons (Fsp3) is 0.455. The van der Waals surface area contributed by atoms with Crippen molar-refractivity contribution in [2.45, 2.75) is 121 Å². The van der Waals surface area contributed by atoms with E-state index in [0.717, 1.165) is 36.5 Å². The van der Waals surface area contributed by atoms with E-state index in [9.17, 15) is 37.1 Å². The number of imide groups is 1. The maximum absolute atomic E-state index is 16.4. The van der Waals surface area contributed by atoms with E-state index in [1.807, 2.05) is 40.7 Å². The molecule has 3 saturated heterocycles. The van der Waals surface area contributed by atoms with E-state index in [-0.39, 0.29) is 94.2 Å². The summed E-state index contributed by atoms with van der Waals surface area (Å²) in [5.74, 6) is 3.61. The second-order valence-electron chi connectivity index (χ2n) is 21.9. The van der Waals surface area contributed by atoms with Gasteiger partial charge < -0.3 is 30.5 Å². The molecule has 4 fully saturated rings. The number of hydrogen-bond acceptors (Lipinski definition) is 9. The number of amides is 5. The molecular formula is C55H56ClF4N7O6. The summed E-state index contributed by atoms with van der Waals surface area (Å²) in [6, 6.07) is 13.4. The van der Waals surface area contributed by atoms with Crippen LogP contribution in [0.2, 0.25) is 5.02 Å². The van der Waals surface area contributed by atoms with Crippen molar-refractivity contribution in [3.05, 3.63) is 117 Å². The van der Waals surface area contributed by atoms with Crippen LogP contribution in [0.4, 0.5) is 28.9 Å². The quantitative estimate of drug-likeness (QED) is 0.0770. The molecule has 5 amide bonds. The Bertz CT molecular complexity index is 3030. The Morgan fingerprint density at radius 2 is 1.78 bits per heavy atom. The lowest BCUT2D eigenvalue weighted by Gasteiger charge is -2.39. The van der Waals surface area contributed by atoms with Crippen LogP contribution in [0.25, 0.3) is 0 Å². The van der Waals surface area contributed by atoms with E-state index in [0.29, 0.717) is 36.2 Å². The fourth-order valence-corrected chi connectivity index (χ4v) is 12.1. The molecule has 382 valence electrons. The molecule has 6 atom stereocenters. The van der Waals surface area contributed by atoms with Crippen LogP contribution in [0.15, 0.2) is 66.9 Å². The monoisotopic (exact) mass is 1020 g/mol. The van der Waals surface area contributed by atoms with Crippen LogP contribution in [-0.4, -0.2) is 88.2 Å². The Kier molecular flexibility index (Phi) is 12.6. The zero-order valence-corrected chi connectivity index (χ0v) is 41.8. The molecule has 1 saturated carbocycles. The minimum Gasteiger partial charge on any atom is -0.489 e. The molecule has 0 bridgehead atoms. The van der Waals surface area contributed by atoms with Crippen molar-refractivity contribution in [3.63, 3.8) is 0 Å². The summed E-state index contributed by atoms with van der Waals surface area (Å²) in [6.07, 6.45) is -0.598. The molecule has 4 aromatic rings. The molecule has 4 N–H and O–H groups in total. The van der Waals surface area contributed by atoms with E-state index in [4.69, 9.17) is 16.3 Å². The number of carbonyl (C=O) groups excluding carboxylic acids is 5. The Morgan fingerprint density at radius 3 is 2.49 bits per heavy atom. The van der Waals surface area contributed by atoms with E-state index in [2.05, 4.69) is 38.1 Å². The van der Waals surface area contributed by atoms with Crippen molar-refractivity contribution >= 4 is 52.5 Å². The fourth-order valence-electron chi connectivity index (χ4n) is 12.0. The van der Waals surface area contributed by atoms with Gasteiger partial charge >= 0.3 is 6.18 Å². The highest BCUT2D eigenvalue weighted by molar-refractivity contribution is 6.30. The highest BCUT2D eigenvalue weighted by Crippen LogP contribution is 2.60. The largest absolute Gasteiger partial charge is 0.489 e. The number of carbonyl (C=O) groups is 5. The van der Waals surface area contributed by atoms with Gasteiger partial charge in [0.15, 0.2) is 0 Å². The predicted octanol–water partition coefficient (Wildman–Crippen LogP) is 8.60. The molecule has 2 spiro atoms. The molecule has 1 aromatic heterocycles. The number of nitrogens with zero attached hydrogens (tertiary/aromatic N) is 3. The summed E-state index contributed by atoms with van der Waals surface area (Å²) < 4.78 is 64.5. The Labute approximate surface area is 425 Å². The molecule has 3 aromatic carbocycles. The number of hydrogen-bond donors (Lipinski definition) is 4. The standard InChI is InChI=1S/C55H56ClF4N7O6/c1-29(2)73-41-22-31(50(71)66-20-18-53(19-21-66)24-32(53)14-12-30-8-6-9-33-35(30)27-67(51(33)72)40-16-17-44(68)65-48(40)69)13-15-38(41)63-49(70)47-45(34-10-7-11-37(56)46(34)57)54(43(64-47)25-52(3,4)5)28-62-39-23-42(55(58,59)60)61-26-36(39)54/h6-11,13,15,22-23,26,29,32,40,43,45,47,62,64H,16-21,24-25,27-28H2,1-5H3,(H,63,70)(H,65,68,69)/t32-,40?,43-,45-,47+,54-/m0/s1. The maximum Gasteiger partial charge on any atom is 0.433 e. The number of ether oxygens (including phenoxy) is 1. The molecule has 1 unspecified atom stereocenters. The second-order valence-corrected chi connectivity index (χ2v) is 22.3. The lowest BCUT2D eigenvalue weighted by Crippen LogP contribution is -2.52. The third kappa shape index (κ3) is 9.19. The van der Waals surface area contributed by atoms with Gasteiger partial charge in [0.2, 0.25) is 17.7 Å². The first-order valence-corrected chi connectivity index (χ1v) is 25.2. The molecule has 13 nitrogen and oxygen atoms in total. The summed E-state index contributed by atoms with van der Waals surface area (Å²) in [7, 11) is 0. The lowest BCUT2D eigenvalue weighted by molar-refractivity contribution is -0.141. The van der Waals surface area contributed by atoms with Gasteiger partial charge in [-0.2, -0.15) is 13.2 Å². The number of piperidine rings is 2. The van der Waals surface area contributed by atoms with E-state index in [1.165, 1.54) is 17.2 Å². The predicted molar refractivity (Wildman–Crippen MR) is 264 cm³/mol. The zero-order valence-electron chi connectivity index (χ0n) is 41.1. The number of pyridine rings is 1. The van der Waals surface area contributed by atoms with Crippen LogP contribution in [-0.2, 0) is 32.5 Å². The number of likely N-dealkylation sites (tertiary alicyclic amines) is 1. The number of fused-ring (bicyclic) bond motifs is 3. The molecule has 6 heterocycles. The normalized spacial score (nSPS) is 25.0. The Morgan fingerprint density at radius 1 is 1.03 bits per heavy atom. The SMILES string of the molecule is CC(C)Oc1cc(C(=O)N2CCC3(CC2)C[C@@H]3C#Cc2cccc3c2CN(C2CCC(=O)NC2=O)C3=O)ccc1NC(=O)[C@@H]1N[C@@H](CC(C)(C)C)[C@@]2(CNc3cc(C(F)(F)F)ncc32)[C@H]1c1cccc(Cl)c1F. The topological polar surface area (TPSA) is 162 Å². The average Bonchev–Trinajstić information content (AvgIpc) is 3.53. The number of benzene rings is 3. The highest BCUT2D eigenvalue weighted by Gasteiger charge is 2.62. The van der Waals surface area contributed by atoms with Crippen LogP contribution in [0.3, 0.4) is 0 Å². The van der Waals surface area contributed by atoms with E-state index < -0.39 is 59.0 Å². The minimum absolute atomic E-state index is 0.0415. The smallest absolute Gasteiger partial charge is 0.433 e.